The van der Waals surface area contributed by atoms with Crippen molar-refractivity contribution in [1.82, 2.24) is 14.5 Å². The lowest BCUT2D eigenvalue weighted by Gasteiger charge is -2.16. The third kappa shape index (κ3) is 3.12. The smallest absolute Gasteiger partial charge is 0.124 e. The van der Waals surface area contributed by atoms with Gasteiger partial charge in [0, 0.05) is 22.5 Å². The topological polar surface area (TPSA) is 21.1 Å². The largest absolute Gasteiger partial charge is 0.322 e. The van der Waals surface area contributed by atoms with Crippen LogP contribution in [0, 0.1) is 0 Å². The zero-order valence-corrected chi connectivity index (χ0v) is 12.0. The van der Waals surface area contributed by atoms with Gasteiger partial charge in [0.2, 0.25) is 0 Å². The first-order valence-electron chi connectivity index (χ1n) is 16.2. The summed E-state index contributed by atoms with van der Waals surface area (Å²) in [5.74, 6) is -1.42. The summed E-state index contributed by atoms with van der Waals surface area (Å²) in [7, 11) is 0. The zero-order chi connectivity index (χ0) is 33.4. The van der Waals surface area contributed by atoms with Crippen molar-refractivity contribution in [3.8, 4) is 0 Å². The maximum atomic E-state index is 8.96. The molecule has 3 nitrogen and oxygen atoms in total. The summed E-state index contributed by atoms with van der Waals surface area (Å²) >= 11 is 5.84. The summed E-state index contributed by atoms with van der Waals surface area (Å²) in [5.41, 5.74) is -2.86. The Labute approximate surface area is 169 Å². The number of likely N-dealkylation sites (tertiary alicyclic amines) is 1. The van der Waals surface area contributed by atoms with Gasteiger partial charge in [-0.1, -0.05) is 35.8 Å². The van der Waals surface area contributed by atoms with E-state index in [4.69, 9.17) is 39.0 Å². The molecule has 4 rings (SSSR count). The first kappa shape index (κ1) is 4.41. The molecule has 1 aliphatic rings. The van der Waals surface area contributed by atoms with Gasteiger partial charge in [-0.3, -0.25) is 4.90 Å². The highest BCUT2D eigenvalue weighted by Crippen LogP contribution is 2.21. The second-order valence-electron chi connectivity index (χ2n) is 4.19. The average molecular weight is 346 g/mol. The summed E-state index contributed by atoms with van der Waals surface area (Å²) in [6.45, 7) is -15.0. The van der Waals surface area contributed by atoms with Crippen molar-refractivity contribution < 1.29 is 27.4 Å². The molecule has 0 amide bonds. The molecule has 2 heterocycles. The van der Waals surface area contributed by atoms with Gasteiger partial charge in [0.15, 0.2) is 0 Å². The summed E-state index contributed by atoms with van der Waals surface area (Å²) in [5, 5.41) is -0.703. The highest BCUT2D eigenvalue weighted by Gasteiger charge is 2.17. The van der Waals surface area contributed by atoms with Crippen molar-refractivity contribution >= 4 is 22.6 Å². The van der Waals surface area contributed by atoms with Crippen LogP contribution in [0.1, 0.15) is 51.5 Å². The molecule has 0 bridgehead atoms. The quantitative estimate of drug-likeness (QED) is 0.701. The van der Waals surface area contributed by atoms with Gasteiger partial charge in [0.1, 0.15) is 5.82 Å². The Kier molecular flexibility index (Phi) is 1.22. The molecule has 1 saturated heterocycles. The highest BCUT2D eigenvalue weighted by atomic mass is 35.5. The monoisotopic (exact) mass is 345 g/mol. The number of hydrogen-bond acceptors (Lipinski definition) is 2. The second-order valence-corrected chi connectivity index (χ2v) is 4.57. The maximum absolute atomic E-state index is 8.96. The van der Waals surface area contributed by atoms with E-state index in [1.165, 1.54) is 0 Å². The molecule has 0 saturated carbocycles. The van der Waals surface area contributed by atoms with Crippen LogP contribution in [0.3, 0.4) is 0 Å². The third-order valence-corrected chi connectivity index (χ3v) is 2.92. The first-order valence-corrected chi connectivity index (χ1v) is 6.61. The van der Waals surface area contributed by atoms with Gasteiger partial charge >= 0.3 is 0 Å². The Balaban J connectivity index is 2.25. The summed E-state index contributed by atoms with van der Waals surface area (Å²) in [6, 6.07) is -7.87. The van der Waals surface area contributed by atoms with E-state index >= 15 is 0 Å². The fraction of sp³-hybridized carbons (Fsp3) is 0.316. The summed E-state index contributed by atoms with van der Waals surface area (Å²) in [6.07, 6.45) is -7.48. The summed E-state index contributed by atoms with van der Waals surface area (Å²) in [4.78, 5) is 3.31. The van der Waals surface area contributed by atoms with Gasteiger partial charge in [-0.25, -0.2) is 4.98 Å². The molecule has 2 aromatic carbocycles. The number of imidazole rings is 1. The number of benzene rings is 2. The molecule has 1 fully saturated rings. The Bertz CT molecular complexity index is 1640. The predicted molar refractivity (Wildman–Crippen MR) is 94.8 cm³/mol. The molecule has 0 spiro atoms. The Morgan fingerprint density at radius 1 is 1.09 bits per heavy atom. The minimum Gasteiger partial charge on any atom is -0.322 e. The SMILES string of the molecule is [2H]c1c([2H])c(C([2H])([2H])n2c(C([2H])([2H])N3C([2H])([2H])C([2H])([2H])C([2H])([2H])C3([2H])[2H])nc3c([2H])c([2H])c([2H])c([2H])c32)c([2H])c([2H])c1Cl. The van der Waals surface area contributed by atoms with E-state index in [1.54, 1.807) is 0 Å². The molecule has 0 aliphatic carbocycles. The molecule has 1 aromatic heterocycles. The van der Waals surface area contributed by atoms with E-state index in [0.717, 1.165) is 0 Å². The van der Waals surface area contributed by atoms with E-state index in [2.05, 4.69) is 4.98 Å². The van der Waals surface area contributed by atoms with Gasteiger partial charge in [0.25, 0.3) is 0 Å². The van der Waals surface area contributed by atoms with Gasteiger partial charge < -0.3 is 4.57 Å². The molecule has 23 heavy (non-hydrogen) atoms. The van der Waals surface area contributed by atoms with Crippen LogP contribution in [0.25, 0.3) is 11.0 Å². The average Bonchev–Trinajstić information content (AvgIpc) is 3.33. The number of aromatic nitrogens is 2. The van der Waals surface area contributed by atoms with Crippen molar-refractivity contribution in [1.29, 1.82) is 0 Å². The maximum Gasteiger partial charge on any atom is 0.124 e. The fourth-order valence-electron chi connectivity index (χ4n) is 1.80. The van der Waals surface area contributed by atoms with E-state index in [1.807, 2.05) is 0 Å². The summed E-state index contributed by atoms with van der Waals surface area (Å²) < 4.78 is 167. The van der Waals surface area contributed by atoms with Crippen LogP contribution in [0.15, 0.2) is 48.3 Å². The minimum atomic E-state index is -3.87. The molecular formula is C19H20ClN3. The zero-order valence-electron chi connectivity index (χ0n) is 31.2. The van der Waals surface area contributed by atoms with Crippen molar-refractivity contribution in [3.05, 3.63) is 64.7 Å². The van der Waals surface area contributed by atoms with Crippen LogP contribution in [-0.4, -0.2) is 27.4 Å². The standard InChI is InChI=1S/C19H20ClN3/c20-16-9-7-15(8-10-16)13-23-18-6-2-1-5-17(18)21-19(23)14-22-11-3-4-12-22/h1-2,5-10H,3-4,11-14H2/i1D,2D,3D2,4D2,5D,6D,7D,8D,9D,10D,11D2,12D2,13D2,14D2. The van der Waals surface area contributed by atoms with Crippen molar-refractivity contribution in [2.45, 2.75) is 25.7 Å². The van der Waals surface area contributed by atoms with Crippen LogP contribution in [0.5, 0.6) is 0 Å². The number of halogens is 1. The molecule has 0 N–H and O–H groups in total. The van der Waals surface area contributed by atoms with E-state index in [9.17, 15) is 0 Å². The molecular weight excluding hydrogens is 306 g/mol. The van der Waals surface area contributed by atoms with Gasteiger partial charge in [-0.2, -0.15) is 0 Å². The van der Waals surface area contributed by atoms with Crippen molar-refractivity contribution in [2.24, 2.45) is 0 Å². The van der Waals surface area contributed by atoms with Gasteiger partial charge in [0.05, 0.1) is 34.0 Å². The second kappa shape index (κ2) is 6.34. The molecule has 3 aromatic rings. The normalized spacial score (nSPS) is 38.1. The van der Waals surface area contributed by atoms with E-state index < -0.39 is 119 Å². The molecule has 4 heteroatoms. The Hall–Kier alpha value is -1.84. The van der Waals surface area contributed by atoms with Crippen molar-refractivity contribution in [3.63, 3.8) is 0 Å². The van der Waals surface area contributed by atoms with Crippen LogP contribution in [0.2, 0.25) is 5.02 Å². The van der Waals surface area contributed by atoms with Crippen molar-refractivity contribution in [2.75, 3.05) is 13.0 Å². The first-order chi connectivity index (χ1) is 19.2. The van der Waals surface area contributed by atoms with Gasteiger partial charge in [-0.15, -0.1) is 0 Å². The lowest BCUT2D eigenvalue weighted by Crippen LogP contribution is -2.21. The Morgan fingerprint density at radius 2 is 1.83 bits per heavy atom. The fourth-order valence-corrected chi connectivity index (χ4v) is 1.90. The highest BCUT2D eigenvalue weighted by molar-refractivity contribution is 6.30. The van der Waals surface area contributed by atoms with Crippen LogP contribution >= 0.6 is 11.6 Å². The third-order valence-electron chi connectivity index (χ3n) is 2.73. The van der Waals surface area contributed by atoms with Gasteiger partial charge in [-0.05, 0) is 55.5 Å². The molecule has 0 radical (unpaired) electrons. The molecule has 0 unspecified atom stereocenters. The van der Waals surface area contributed by atoms with E-state index in [0.29, 0.717) is 0 Å². The minimum absolute atomic E-state index is 0.0913. The number of rotatable bonds is 4. The lowest BCUT2D eigenvalue weighted by atomic mass is 10.2. The lowest BCUT2D eigenvalue weighted by molar-refractivity contribution is 0.318. The Morgan fingerprint density at radius 3 is 2.61 bits per heavy atom. The number of para-hydroxylation sites is 2. The predicted octanol–water partition coefficient (Wildman–Crippen LogP) is 4.33. The van der Waals surface area contributed by atoms with E-state index in [-0.39, 0.29) is 4.57 Å². The number of nitrogens with zero attached hydrogens (tertiary/aromatic N) is 3. The number of fused-ring (bicyclic) bond motifs is 1. The molecule has 118 valence electrons. The molecule has 1 aliphatic heterocycles. The van der Waals surface area contributed by atoms with Crippen LogP contribution < -0.4 is 0 Å². The van der Waals surface area contributed by atoms with Crippen LogP contribution in [0.4, 0.5) is 0 Å². The molecule has 0 atom stereocenters. The number of hydrogen-bond donors (Lipinski definition) is 0. The van der Waals surface area contributed by atoms with Crippen LogP contribution in [-0.2, 0) is 13.0 Å².